The van der Waals surface area contributed by atoms with Crippen LogP contribution in [0.5, 0.6) is 0 Å². The highest BCUT2D eigenvalue weighted by atomic mass is 15.2. The van der Waals surface area contributed by atoms with Gasteiger partial charge in [0.25, 0.3) is 0 Å². The van der Waals surface area contributed by atoms with E-state index in [-0.39, 0.29) is 6.17 Å². The Balaban J connectivity index is 1.13. The zero-order valence-corrected chi connectivity index (χ0v) is 28.8. The average molecular weight is 670 g/mol. The summed E-state index contributed by atoms with van der Waals surface area (Å²) in [7, 11) is 0. The van der Waals surface area contributed by atoms with Crippen LogP contribution in [0.25, 0.3) is 65.3 Å². The maximum absolute atomic E-state index is 7.20. The Labute approximate surface area is 304 Å². The quantitative estimate of drug-likeness (QED) is 0.0814. The number of nitrogens with two attached hydrogens (primary N) is 1. The van der Waals surface area contributed by atoms with Crippen molar-refractivity contribution in [1.82, 2.24) is 10.6 Å². The molecule has 9 aromatic rings. The number of benzene rings is 9. The summed E-state index contributed by atoms with van der Waals surface area (Å²) >= 11 is 0. The molecule has 0 radical (unpaired) electrons. The van der Waals surface area contributed by atoms with Crippen molar-refractivity contribution in [2.24, 2.45) is 5.73 Å². The van der Waals surface area contributed by atoms with Gasteiger partial charge in [-0.3, -0.25) is 10.6 Å². The minimum absolute atomic E-state index is 0.272. The van der Waals surface area contributed by atoms with Gasteiger partial charge in [0.2, 0.25) is 0 Å². The lowest BCUT2D eigenvalue weighted by molar-refractivity contribution is 0.390. The molecular weight excluding hydrogens is 631 g/mol. The van der Waals surface area contributed by atoms with Gasteiger partial charge in [-0.05, 0) is 88.1 Å². The molecular formula is C49H39N3. The number of fused-ring (bicyclic) bond motifs is 5. The molecule has 0 aromatic heterocycles. The zero-order chi connectivity index (χ0) is 34.9. The fourth-order valence-electron chi connectivity index (χ4n) is 7.83. The molecule has 9 rings (SSSR count). The second-order valence-corrected chi connectivity index (χ2v) is 13.5. The molecule has 0 spiro atoms. The summed E-state index contributed by atoms with van der Waals surface area (Å²) in [6, 6.07) is 67.2. The van der Waals surface area contributed by atoms with Gasteiger partial charge in [0.1, 0.15) is 0 Å². The first-order chi connectivity index (χ1) is 25.7. The maximum atomic E-state index is 7.20. The lowest BCUT2D eigenvalue weighted by atomic mass is 9.91. The Kier molecular flexibility index (Phi) is 8.51. The highest BCUT2D eigenvalue weighted by Crippen LogP contribution is 2.37. The number of nitrogens with one attached hydrogen (secondary N) is 2. The van der Waals surface area contributed by atoms with Gasteiger partial charge in [0.05, 0.1) is 12.3 Å². The van der Waals surface area contributed by atoms with E-state index in [9.17, 15) is 0 Å². The van der Waals surface area contributed by atoms with Gasteiger partial charge in [-0.1, -0.05) is 182 Å². The van der Waals surface area contributed by atoms with Gasteiger partial charge >= 0.3 is 0 Å². The van der Waals surface area contributed by atoms with Gasteiger partial charge < -0.3 is 5.73 Å². The summed E-state index contributed by atoms with van der Waals surface area (Å²) in [5.41, 5.74) is 15.4. The summed E-state index contributed by atoms with van der Waals surface area (Å²) < 4.78 is 0. The van der Waals surface area contributed by atoms with Gasteiger partial charge in [0, 0.05) is 6.54 Å². The molecule has 0 aliphatic heterocycles. The predicted molar refractivity (Wildman–Crippen MR) is 220 cm³/mol. The largest absolute Gasteiger partial charge is 0.312 e. The lowest BCUT2D eigenvalue weighted by Crippen LogP contribution is -2.40. The molecule has 3 heteroatoms. The third-order valence-corrected chi connectivity index (χ3v) is 10.4. The van der Waals surface area contributed by atoms with Crippen molar-refractivity contribution in [3.63, 3.8) is 0 Å². The molecule has 0 aliphatic carbocycles. The molecule has 0 heterocycles. The zero-order valence-electron chi connectivity index (χ0n) is 28.8. The van der Waals surface area contributed by atoms with E-state index in [2.05, 4.69) is 193 Å². The average Bonchev–Trinajstić information content (AvgIpc) is 3.22. The summed E-state index contributed by atoms with van der Waals surface area (Å²) in [4.78, 5) is 0. The second-order valence-electron chi connectivity index (χ2n) is 13.5. The van der Waals surface area contributed by atoms with E-state index in [1.165, 1.54) is 65.3 Å². The van der Waals surface area contributed by atoms with Crippen molar-refractivity contribution in [2.75, 3.05) is 0 Å². The van der Waals surface area contributed by atoms with Crippen molar-refractivity contribution in [3.8, 4) is 22.3 Å². The Morgan fingerprint density at radius 2 is 1.02 bits per heavy atom. The van der Waals surface area contributed by atoms with Gasteiger partial charge in [0.15, 0.2) is 0 Å². The number of hydrogen-bond donors (Lipinski definition) is 3. The van der Waals surface area contributed by atoms with Crippen LogP contribution in [0.3, 0.4) is 0 Å². The molecule has 2 unspecified atom stereocenters. The first kappa shape index (κ1) is 31.9. The van der Waals surface area contributed by atoms with Crippen LogP contribution in [-0.4, -0.2) is 0 Å². The standard InChI is InChI=1S/C49H39N3/c50-48(45-23-11-10-20-41(45)34-13-2-1-3-14-34)52-49(51-32-33-25-27-37(28-26-33)40-24-12-18-35-15-4-7-19-39(35)40)47-43-22-9-6-17-38(43)31-46-42-21-8-5-16-36(42)29-30-44(46)47/h1-31,48-49,51-52H,32,50H2. The van der Waals surface area contributed by atoms with E-state index in [4.69, 9.17) is 5.73 Å². The first-order valence-corrected chi connectivity index (χ1v) is 18.0. The van der Waals surface area contributed by atoms with Crippen molar-refractivity contribution >= 4 is 43.1 Å². The van der Waals surface area contributed by atoms with E-state index < -0.39 is 6.17 Å². The maximum Gasteiger partial charge on any atom is 0.0864 e. The van der Waals surface area contributed by atoms with Crippen molar-refractivity contribution < 1.29 is 0 Å². The Morgan fingerprint density at radius 3 is 1.83 bits per heavy atom. The SMILES string of the molecule is NC(NC(NCc1ccc(-c2cccc3ccccc23)cc1)c1c2ccccc2cc2c1ccc1ccccc12)c1ccccc1-c1ccccc1. The lowest BCUT2D eigenvalue weighted by Gasteiger charge is -2.29. The number of hydrogen-bond acceptors (Lipinski definition) is 3. The van der Waals surface area contributed by atoms with Crippen LogP contribution in [0.1, 0.15) is 29.0 Å². The van der Waals surface area contributed by atoms with Crippen LogP contribution in [0.2, 0.25) is 0 Å². The molecule has 0 aliphatic rings. The molecule has 0 saturated heterocycles. The summed E-state index contributed by atoms with van der Waals surface area (Å²) in [6.45, 7) is 0.652. The minimum Gasteiger partial charge on any atom is -0.312 e. The van der Waals surface area contributed by atoms with Gasteiger partial charge in [-0.2, -0.15) is 0 Å². The summed E-state index contributed by atoms with van der Waals surface area (Å²) in [5, 5.41) is 17.7. The van der Waals surface area contributed by atoms with Crippen LogP contribution >= 0.6 is 0 Å². The van der Waals surface area contributed by atoms with Crippen molar-refractivity contribution in [2.45, 2.75) is 18.9 Å². The fraction of sp³-hybridized carbons (Fsp3) is 0.0612. The Hall–Kier alpha value is -6.10. The smallest absolute Gasteiger partial charge is 0.0864 e. The third-order valence-electron chi connectivity index (χ3n) is 10.4. The van der Waals surface area contributed by atoms with Gasteiger partial charge in [-0.25, -0.2) is 0 Å². The molecule has 2 atom stereocenters. The van der Waals surface area contributed by atoms with Gasteiger partial charge in [-0.15, -0.1) is 0 Å². The minimum atomic E-state index is -0.447. The molecule has 0 fully saturated rings. The Bertz CT molecular complexity index is 2680. The van der Waals surface area contributed by atoms with E-state index in [1.54, 1.807) is 0 Å². The topological polar surface area (TPSA) is 50.1 Å². The van der Waals surface area contributed by atoms with E-state index in [1.807, 2.05) is 6.07 Å². The predicted octanol–water partition coefficient (Wildman–Crippen LogP) is 11.7. The summed E-state index contributed by atoms with van der Waals surface area (Å²) in [5.74, 6) is 0. The first-order valence-electron chi connectivity index (χ1n) is 18.0. The molecule has 9 aromatic carbocycles. The normalized spacial score (nSPS) is 12.8. The molecule has 0 amide bonds. The van der Waals surface area contributed by atoms with Crippen LogP contribution in [0.15, 0.2) is 188 Å². The van der Waals surface area contributed by atoms with E-state index in [0.29, 0.717) is 6.54 Å². The highest BCUT2D eigenvalue weighted by molar-refractivity contribution is 6.14. The van der Waals surface area contributed by atoms with Crippen LogP contribution in [-0.2, 0) is 6.54 Å². The van der Waals surface area contributed by atoms with Crippen LogP contribution < -0.4 is 16.4 Å². The monoisotopic (exact) mass is 669 g/mol. The van der Waals surface area contributed by atoms with E-state index in [0.717, 1.165) is 16.7 Å². The number of rotatable bonds is 9. The van der Waals surface area contributed by atoms with Crippen molar-refractivity contribution in [1.29, 1.82) is 0 Å². The van der Waals surface area contributed by atoms with Crippen LogP contribution in [0.4, 0.5) is 0 Å². The van der Waals surface area contributed by atoms with Crippen molar-refractivity contribution in [3.05, 3.63) is 205 Å². The highest BCUT2D eigenvalue weighted by Gasteiger charge is 2.23. The molecule has 3 nitrogen and oxygen atoms in total. The van der Waals surface area contributed by atoms with Crippen LogP contribution in [0, 0.1) is 0 Å². The summed E-state index contributed by atoms with van der Waals surface area (Å²) in [6.07, 6.45) is -0.719. The Morgan fingerprint density at radius 1 is 0.423 bits per heavy atom. The van der Waals surface area contributed by atoms with E-state index >= 15 is 0 Å². The third kappa shape index (κ3) is 6.01. The molecule has 52 heavy (non-hydrogen) atoms. The second kappa shape index (κ2) is 13.9. The molecule has 250 valence electrons. The molecule has 0 bridgehead atoms. The fourth-order valence-corrected chi connectivity index (χ4v) is 7.83. The molecule has 0 saturated carbocycles. The molecule has 4 N–H and O–H groups in total.